The number of benzene rings is 3. The summed E-state index contributed by atoms with van der Waals surface area (Å²) in [6, 6.07) is 19.0. The number of hydrogen-bond acceptors (Lipinski definition) is 10. The average Bonchev–Trinajstić information content (AvgIpc) is 3.37. The van der Waals surface area contributed by atoms with E-state index < -0.39 is 18.0 Å². The second-order valence-corrected chi connectivity index (χ2v) is 11.7. The third-order valence-corrected chi connectivity index (χ3v) is 8.42. The maximum Gasteiger partial charge on any atom is 0.343 e. The molecule has 2 heterocycles. The molecule has 244 valence electrons. The molecule has 1 aliphatic heterocycles. The molecule has 47 heavy (non-hydrogen) atoms. The molecule has 0 aliphatic carbocycles. The van der Waals surface area contributed by atoms with Gasteiger partial charge in [0.1, 0.15) is 12.4 Å². The maximum absolute atomic E-state index is 14.2. The van der Waals surface area contributed by atoms with Crippen LogP contribution in [0.25, 0.3) is 6.08 Å². The van der Waals surface area contributed by atoms with Gasteiger partial charge in [0.25, 0.3) is 5.56 Å². The van der Waals surface area contributed by atoms with E-state index in [9.17, 15) is 14.4 Å². The van der Waals surface area contributed by atoms with Gasteiger partial charge in [0, 0.05) is 10.6 Å². The number of methoxy groups -OCH3 is 1. The van der Waals surface area contributed by atoms with Crippen LogP contribution in [0.5, 0.6) is 17.2 Å². The highest BCUT2D eigenvalue weighted by molar-refractivity contribution is 7.07. The van der Waals surface area contributed by atoms with Crippen LogP contribution in [0.15, 0.2) is 87.8 Å². The number of rotatable bonds is 12. The summed E-state index contributed by atoms with van der Waals surface area (Å²) in [5.41, 5.74) is 2.52. The van der Waals surface area contributed by atoms with Crippen molar-refractivity contribution >= 4 is 41.0 Å². The lowest BCUT2D eigenvalue weighted by Gasteiger charge is -2.25. The quantitative estimate of drug-likeness (QED) is 0.193. The van der Waals surface area contributed by atoms with Gasteiger partial charge in [0.15, 0.2) is 22.9 Å². The summed E-state index contributed by atoms with van der Waals surface area (Å²) in [7, 11) is 1.27. The van der Waals surface area contributed by atoms with E-state index >= 15 is 0 Å². The number of ether oxygens (including phenoxy) is 5. The molecule has 0 unspecified atom stereocenters. The van der Waals surface area contributed by atoms with Crippen molar-refractivity contribution in [3.8, 4) is 17.2 Å². The Hall–Kier alpha value is -4.87. The first kappa shape index (κ1) is 33.5. The summed E-state index contributed by atoms with van der Waals surface area (Å²) in [4.78, 5) is 44.3. The Balaban J connectivity index is 1.59. The molecular weight excluding hydrogens is 644 g/mol. The minimum Gasteiger partial charge on any atom is -0.490 e. The van der Waals surface area contributed by atoms with Crippen molar-refractivity contribution in [2.45, 2.75) is 33.4 Å². The maximum atomic E-state index is 14.2. The van der Waals surface area contributed by atoms with Crippen LogP contribution in [0, 0.1) is 0 Å². The molecule has 0 bridgehead atoms. The van der Waals surface area contributed by atoms with Crippen LogP contribution in [0.3, 0.4) is 0 Å². The number of fused-ring (bicyclic) bond motifs is 1. The molecule has 10 nitrogen and oxygen atoms in total. The Morgan fingerprint density at radius 3 is 2.45 bits per heavy atom. The van der Waals surface area contributed by atoms with Crippen LogP contribution < -0.4 is 29.1 Å². The molecule has 0 N–H and O–H groups in total. The van der Waals surface area contributed by atoms with E-state index in [2.05, 4.69) is 9.73 Å². The first-order valence-electron chi connectivity index (χ1n) is 14.9. The highest BCUT2D eigenvalue weighted by Crippen LogP contribution is 2.36. The Morgan fingerprint density at radius 1 is 0.957 bits per heavy atom. The monoisotopic (exact) mass is 676 g/mol. The fourth-order valence-corrected chi connectivity index (χ4v) is 6.16. The Morgan fingerprint density at radius 2 is 1.72 bits per heavy atom. The van der Waals surface area contributed by atoms with Gasteiger partial charge in [-0.2, -0.15) is 0 Å². The molecule has 4 aromatic rings. The summed E-state index contributed by atoms with van der Waals surface area (Å²) >= 11 is 7.23. The van der Waals surface area contributed by atoms with Crippen molar-refractivity contribution in [2.24, 2.45) is 4.99 Å². The minimum absolute atomic E-state index is 0.143. The van der Waals surface area contributed by atoms with Crippen molar-refractivity contribution in [1.82, 2.24) is 4.57 Å². The summed E-state index contributed by atoms with van der Waals surface area (Å²) < 4.78 is 29.6. The summed E-state index contributed by atoms with van der Waals surface area (Å²) in [6.45, 7) is 5.68. The zero-order chi connectivity index (χ0) is 33.5. The lowest BCUT2D eigenvalue weighted by atomic mass is 9.95. The molecule has 0 saturated carbocycles. The van der Waals surface area contributed by atoms with Crippen molar-refractivity contribution in [2.75, 3.05) is 26.9 Å². The molecule has 5 rings (SSSR count). The number of thiazole rings is 1. The van der Waals surface area contributed by atoms with Crippen LogP contribution in [0.2, 0.25) is 5.02 Å². The number of hydrogen-bond donors (Lipinski definition) is 0. The Bertz CT molecular complexity index is 2000. The first-order valence-corrected chi connectivity index (χ1v) is 16.1. The van der Waals surface area contributed by atoms with Gasteiger partial charge in [-0.25, -0.2) is 14.6 Å². The predicted molar refractivity (Wildman–Crippen MR) is 178 cm³/mol. The number of halogens is 1. The van der Waals surface area contributed by atoms with Gasteiger partial charge in [-0.3, -0.25) is 9.36 Å². The minimum atomic E-state index is -0.877. The molecule has 1 aliphatic rings. The first-order chi connectivity index (χ1) is 22.7. The van der Waals surface area contributed by atoms with Crippen molar-refractivity contribution in [3.05, 3.63) is 119 Å². The molecule has 1 atom stereocenters. The van der Waals surface area contributed by atoms with E-state index in [1.807, 2.05) is 43.3 Å². The van der Waals surface area contributed by atoms with Crippen LogP contribution >= 0.6 is 22.9 Å². The smallest absolute Gasteiger partial charge is 0.343 e. The zero-order valence-corrected chi connectivity index (χ0v) is 27.9. The van der Waals surface area contributed by atoms with Crippen molar-refractivity contribution in [1.29, 1.82) is 0 Å². The molecule has 0 saturated heterocycles. The Labute approximate surface area is 280 Å². The number of nitrogens with zero attached hydrogens (tertiary/aromatic N) is 2. The topological polar surface area (TPSA) is 115 Å². The van der Waals surface area contributed by atoms with Crippen LogP contribution in [-0.4, -0.2) is 43.4 Å². The summed E-state index contributed by atoms with van der Waals surface area (Å²) in [5, 5.41) is 0.640. The van der Waals surface area contributed by atoms with E-state index in [0.717, 1.165) is 5.56 Å². The fourth-order valence-electron chi connectivity index (χ4n) is 5.00. The van der Waals surface area contributed by atoms with E-state index in [1.54, 1.807) is 50.3 Å². The largest absolute Gasteiger partial charge is 0.490 e. The van der Waals surface area contributed by atoms with E-state index in [4.69, 9.17) is 30.5 Å². The standard InChI is InChI=1S/C35H33ClN2O8S/c1-5-43-28-17-24(13-16-27(28)46-20-30(39)42-4)32-31(34(41)44-6-2)21(3)37-35-38(32)33(40)29(47-35)18-23-9-7-8-10-26(23)45-19-22-11-14-25(36)15-12-22/h7-18,32H,5-6,19-20H2,1-4H3/b29-18+/t32-/m0/s1. The molecule has 12 heteroatoms. The molecule has 0 spiro atoms. The van der Waals surface area contributed by atoms with Gasteiger partial charge in [0.05, 0.1) is 42.2 Å². The predicted octanol–water partition coefficient (Wildman–Crippen LogP) is 4.98. The van der Waals surface area contributed by atoms with Gasteiger partial charge in [-0.05, 0) is 68.3 Å². The third kappa shape index (κ3) is 7.58. The number of carbonyl (C=O) groups excluding carboxylic acids is 2. The van der Waals surface area contributed by atoms with Gasteiger partial charge < -0.3 is 23.7 Å². The van der Waals surface area contributed by atoms with E-state index in [-0.39, 0.29) is 24.3 Å². The van der Waals surface area contributed by atoms with Gasteiger partial charge >= 0.3 is 11.9 Å². The molecule has 1 aromatic heterocycles. The van der Waals surface area contributed by atoms with Gasteiger partial charge in [-0.1, -0.05) is 59.3 Å². The highest BCUT2D eigenvalue weighted by atomic mass is 35.5. The number of allylic oxidation sites excluding steroid dienone is 1. The van der Waals surface area contributed by atoms with Crippen molar-refractivity contribution in [3.63, 3.8) is 0 Å². The molecule has 0 fully saturated rings. The van der Waals surface area contributed by atoms with Gasteiger partial charge in [-0.15, -0.1) is 0 Å². The summed E-state index contributed by atoms with van der Waals surface area (Å²) in [6.07, 6.45) is 1.76. The molecule has 0 amide bonds. The highest BCUT2D eigenvalue weighted by Gasteiger charge is 2.34. The molecule has 3 aromatic carbocycles. The van der Waals surface area contributed by atoms with Crippen LogP contribution in [0.4, 0.5) is 0 Å². The van der Waals surface area contributed by atoms with E-state index in [0.29, 0.717) is 61.6 Å². The third-order valence-electron chi connectivity index (χ3n) is 7.19. The number of carbonyl (C=O) groups is 2. The lowest BCUT2D eigenvalue weighted by molar-refractivity contribution is -0.143. The zero-order valence-electron chi connectivity index (χ0n) is 26.3. The van der Waals surface area contributed by atoms with Crippen LogP contribution in [-0.2, 0) is 25.7 Å². The lowest BCUT2D eigenvalue weighted by Crippen LogP contribution is -2.40. The Kier molecular flexibility index (Phi) is 10.8. The second kappa shape index (κ2) is 15.1. The van der Waals surface area contributed by atoms with Crippen LogP contribution in [0.1, 0.15) is 43.5 Å². The number of aromatic nitrogens is 1. The normalized spacial score (nSPS) is 14.2. The molecule has 0 radical (unpaired) electrons. The average molecular weight is 677 g/mol. The fraction of sp³-hybridized carbons (Fsp3) is 0.257. The van der Waals surface area contributed by atoms with Crippen molar-refractivity contribution < 1.29 is 33.3 Å². The molecular formula is C35H33ClN2O8S. The number of esters is 2. The SMILES string of the molecule is CCOC(=O)C1=C(C)N=c2s/c(=C/c3ccccc3OCc3ccc(Cl)cc3)c(=O)n2[C@H]1c1ccc(OCC(=O)OC)c(OCC)c1. The summed E-state index contributed by atoms with van der Waals surface area (Å²) in [5.74, 6) is 0.0986. The number of para-hydroxylation sites is 1. The van der Waals surface area contributed by atoms with E-state index in [1.165, 1.54) is 23.0 Å². The van der Waals surface area contributed by atoms with Gasteiger partial charge in [0.2, 0.25) is 0 Å². The second-order valence-electron chi connectivity index (χ2n) is 10.3.